The van der Waals surface area contributed by atoms with Gasteiger partial charge in [0.05, 0.1) is 5.39 Å². The molecular weight excluding hydrogens is 674 g/mol. The third-order valence-corrected chi connectivity index (χ3v) is 8.21. The summed E-state index contributed by atoms with van der Waals surface area (Å²) in [4.78, 5) is 39.8. The number of aryl methyl sites for hydroxylation is 1. The molecule has 0 spiro atoms. The van der Waals surface area contributed by atoms with E-state index < -0.39 is 35.1 Å². The van der Waals surface area contributed by atoms with Crippen LogP contribution in [-0.4, -0.2) is 40.8 Å². The topological polar surface area (TPSA) is 140 Å². The van der Waals surface area contributed by atoms with E-state index in [1.807, 2.05) is 84.9 Å². The van der Waals surface area contributed by atoms with E-state index in [9.17, 15) is 14.4 Å². The predicted octanol–water partition coefficient (Wildman–Crippen LogP) is 8.76. The van der Waals surface area contributed by atoms with Crippen LogP contribution in [-0.2, 0) is 21.7 Å². The zero-order valence-corrected chi connectivity index (χ0v) is 30.6. The number of nitrogens with one attached hydrogen (secondary N) is 2. The maximum atomic E-state index is 13.4. The molecule has 274 valence electrons. The fraction of sp³-hybridized carbons (Fsp3) is 0.286. The van der Waals surface area contributed by atoms with Crippen molar-refractivity contribution in [3.05, 3.63) is 130 Å². The summed E-state index contributed by atoms with van der Waals surface area (Å²) in [5, 5.41) is 11.1. The van der Waals surface area contributed by atoms with Gasteiger partial charge in [0.1, 0.15) is 17.0 Å². The standard InChI is InChI=1S/C42H43N3O8/c1-40(2,3)52-38(47)44-37(43)45(39(48)53-41(4,5)6)25-13-14-27-19-21-28(22-20-27)34-26-32(46)31-23-24-33-36(35(31)49-34)51-42(50-33,29-15-9-7-10-16-29)30-17-11-8-12-18-30/h7-12,15-24,26H,13-14,25H2,1-6H3,(H2,43,44,47). The Hall–Kier alpha value is -6.10. The number of nitrogens with zero attached hydrogens (tertiary/aromatic N) is 1. The highest BCUT2D eigenvalue weighted by molar-refractivity contribution is 5.99. The minimum atomic E-state index is -1.28. The fourth-order valence-corrected chi connectivity index (χ4v) is 5.89. The van der Waals surface area contributed by atoms with Gasteiger partial charge in [-0.3, -0.25) is 15.5 Å². The fourth-order valence-electron chi connectivity index (χ4n) is 5.89. The number of amides is 2. The highest BCUT2D eigenvalue weighted by Gasteiger charge is 2.46. The molecule has 1 aliphatic rings. The maximum Gasteiger partial charge on any atom is 0.417 e. The van der Waals surface area contributed by atoms with Crippen molar-refractivity contribution in [1.82, 2.24) is 10.2 Å². The van der Waals surface area contributed by atoms with E-state index in [2.05, 4.69) is 5.32 Å². The molecule has 0 fully saturated rings. The summed E-state index contributed by atoms with van der Waals surface area (Å²) in [5.74, 6) is -0.567. The molecule has 0 aliphatic carbocycles. The number of hydrogen-bond acceptors (Lipinski definition) is 9. The van der Waals surface area contributed by atoms with Crippen molar-refractivity contribution < 1.29 is 33.0 Å². The molecule has 11 heteroatoms. The molecule has 0 saturated carbocycles. The molecule has 2 heterocycles. The van der Waals surface area contributed by atoms with Crippen LogP contribution in [0.4, 0.5) is 9.59 Å². The Labute approximate surface area is 307 Å². The summed E-state index contributed by atoms with van der Waals surface area (Å²) in [7, 11) is 0. The van der Waals surface area contributed by atoms with Crippen LogP contribution in [0.1, 0.15) is 64.7 Å². The second-order valence-corrected chi connectivity index (χ2v) is 14.7. The van der Waals surface area contributed by atoms with Crippen LogP contribution in [0.25, 0.3) is 22.3 Å². The van der Waals surface area contributed by atoms with E-state index in [0.717, 1.165) is 21.6 Å². The van der Waals surface area contributed by atoms with Crippen LogP contribution in [0, 0.1) is 5.41 Å². The Balaban J connectivity index is 1.21. The zero-order chi connectivity index (χ0) is 38.0. The number of carbonyl (C=O) groups excluding carboxylic acids is 2. The molecule has 0 unspecified atom stereocenters. The quantitative estimate of drug-likeness (QED) is 0.126. The average molecular weight is 718 g/mol. The van der Waals surface area contributed by atoms with Crippen LogP contribution in [0.2, 0.25) is 0 Å². The normalized spacial score (nSPS) is 13.3. The van der Waals surface area contributed by atoms with Gasteiger partial charge < -0.3 is 23.4 Å². The lowest BCUT2D eigenvalue weighted by atomic mass is 9.97. The maximum absolute atomic E-state index is 13.4. The Bertz CT molecular complexity index is 2150. The molecule has 1 aliphatic heterocycles. The SMILES string of the molecule is CC(C)(C)OC(=O)NC(=N)N(CCCc1ccc(-c2cc(=O)c3ccc4c(c3o2)OC(c2ccccc2)(c2ccccc2)O4)cc1)C(=O)OC(C)(C)C. The number of alkyl carbamates (subject to hydrolysis) is 1. The zero-order valence-electron chi connectivity index (χ0n) is 30.6. The van der Waals surface area contributed by atoms with Crippen molar-refractivity contribution in [3.8, 4) is 22.8 Å². The second-order valence-electron chi connectivity index (χ2n) is 14.7. The largest absolute Gasteiger partial charge is 0.452 e. The third kappa shape index (κ3) is 8.35. The smallest absolute Gasteiger partial charge is 0.417 e. The Morgan fingerprint density at radius 1 is 0.792 bits per heavy atom. The summed E-state index contributed by atoms with van der Waals surface area (Å²) in [6.45, 7) is 10.4. The van der Waals surface area contributed by atoms with Crippen LogP contribution < -0.4 is 20.2 Å². The van der Waals surface area contributed by atoms with E-state index in [1.54, 1.807) is 53.7 Å². The first-order valence-corrected chi connectivity index (χ1v) is 17.4. The Kier molecular flexibility index (Phi) is 10.0. The molecule has 11 nitrogen and oxygen atoms in total. The van der Waals surface area contributed by atoms with Crippen LogP contribution in [0.3, 0.4) is 0 Å². The van der Waals surface area contributed by atoms with Gasteiger partial charge in [0.15, 0.2) is 16.8 Å². The second kappa shape index (κ2) is 14.5. The van der Waals surface area contributed by atoms with Crippen LogP contribution >= 0.6 is 0 Å². The Morgan fingerprint density at radius 3 is 1.98 bits per heavy atom. The van der Waals surface area contributed by atoms with Gasteiger partial charge in [-0.15, -0.1) is 0 Å². The van der Waals surface area contributed by atoms with Crippen molar-refractivity contribution in [2.45, 2.75) is 71.4 Å². The van der Waals surface area contributed by atoms with Gasteiger partial charge in [-0.05, 0) is 72.1 Å². The van der Waals surface area contributed by atoms with Gasteiger partial charge in [-0.25, -0.2) is 14.5 Å². The molecule has 2 amide bonds. The molecule has 53 heavy (non-hydrogen) atoms. The molecular formula is C42H43N3O8. The van der Waals surface area contributed by atoms with Gasteiger partial charge in [0, 0.05) is 29.3 Å². The van der Waals surface area contributed by atoms with Gasteiger partial charge in [-0.2, -0.15) is 0 Å². The number of benzene rings is 4. The van der Waals surface area contributed by atoms with Crippen molar-refractivity contribution in [2.75, 3.05) is 6.54 Å². The summed E-state index contributed by atoms with van der Waals surface area (Å²) in [5.41, 5.74) is 1.68. The summed E-state index contributed by atoms with van der Waals surface area (Å²) in [6.07, 6.45) is -0.606. The molecule has 1 aromatic heterocycles. The molecule has 4 aromatic carbocycles. The monoisotopic (exact) mass is 717 g/mol. The molecule has 0 radical (unpaired) electrons. The van der Waals surface area contributed by atoms with Gasteiger partial charge >= 0.3 is 18.0 Å². The molecule has 6 rings (SSSR count). The number of carbonyl (C=O) groups is 2. The minimum absolute atomic E-state index is 0.103. The van der Waals surface area contributed by atoms with Crippen LogP contribution in [0.15, 0.2) is 112 Å². The van der Waals surface area contributed by atoms with Crippen molar-refractivity contribution >= 4 is 29.1 Å². The summed E-state index contributed by atoms with van der Waals surface area (Å²) in [6, 6.07) is 31.7. The minimum Gasteiger partial charge on any atom is -0.452 e. The first-order valence-electron chi connectivity index (χ1n) is 17.4. The highest BCUT2D eigenvalue weighted by atomic mass is 16.7. The predicted molar refractivity (Wildman–Crippen MR) is 201 cm³/mol. The number of hydrogen-bond donors (Lipinski definition) is 2. The van der Waals surface area contributed by atoms with E-state index in [-0.39, 0.29) is 17.6 Å². The summed E-state index contributed by atoms with van der Waals surface area (Å²) >= 11 is 0. The Morgan fingerprint density at radius 2 is 1.40 bits per heavy atom. The van der Waals surface area contributed by atoms with E-state index in [4.69, 9.17) is 28.8 Å². The third-order valence-electron chi connectivity index (χ3n) is 8.21. The number of fused-ring (bicyclic) bond motifs is 3. The average Bonchev–Trinajstić information content (AvgIpc) is 3.51. The van der Waals surface area contributed by atoms with Gasteiger partial charge in [0.25, 0.3) is 0 Å². The lowest BCUT2D eigenvalue weighted by Crippen LogP contribution is -2.49. The lowest BCUT2D eigenvalue weighted by Gasteiger charge is -2.28. The van der Waals surface area contributed by atoms with E-state index in [1.165, 1.54) is 6.07 Å². The van der Waals surface area contributed by atoms with E-state index in [0.29, 0.717) is 41.1 Å². The van der Waals surface area contributed by atoms with Gasteiger partial charge in [0.2, 0.25) is 11.7 Å². The van der Waals surface area contributed by atoms with Crippen molar-refractivity contribution in [3.63, 3.8) is 0 Å². The number of guanidine groups is 1. The molecule has 0 saturated heterocycles. The van der Waals surface area contributed by atoms with Crippen molar-refractivity contribution in [2.24, 2.45) is 0 Å². The number of ether oxygens (including phenoxy) is 4. The molecule has 5 aromatic rings. The first kappa shape index (κ1) is 36.7. The molecule has 0 atom stereocenters. The van der Waals surface area contributed by atoms with Crippen molar-refractivity contribution in [1.29, 1.82) is 5.41 Å². The molecule has 0 bridgehead atoms. The van der Waals surface area contributed by atoms with E-state index >= 15 is 0 Å². The molecule has 2 N–H and O–H groups in total. The summed E-state index contributed by atoms with van der Waals surface area (Å²) < 4.78 is 30.4. The van der Waals surface area contributed by atoms with Crippen LogP contribution in [0.5, 0.6) is 11.5 Å². The number of rotatable bonds is 7. The van der Waals surface area contributed by atoms with Gasteiger partial charge in [-0.1, -0.05) is 84.9 Å². The first-order chi connectivity index (χ1) is 25.1. The lowest BCUT2D eigenvalue weighted by molar-refractivity contribution is -0.0456. The highest BCUT2D eigenvalue weighted by Crippen LogP contribution is 2.50.